The summed E-state index contributed by atoms with van der Waals surface area (Å²) in [4.78, 5) is 11.0. The maximum atomic E-state index is 11.0. The molecule has 0 saturated carbocycles. The zero-order chi connectivity index (χ0) is 12.4. The highest BCUT2D eigenvalue weighted by Crippen LogP contribution is 2.34. The van der Waals surface area contributed by atoms with Crippen molar-refractivity contribution in [3.8, 4) is 5.75 Å². The Hall–Kier alpha value is -1.22. The third-order valence-corrected chi connectivity index (χ3v) is 3.35. The maximum Gasteiger partial charge on any atom is 0.306 e. The van der Waals surface area contributed by atoms with Gasteiger partial charge in [0.15, 0.2) is 0 Å². The van der Waals surface area contributed by atoms with Gasteiger partial charge in [0.1, 0.15) is 5.75 Å². The summed E-state index contributed by atoms with van der Waals surface area (Å²) < 4.78 is 5.56. The van der Waals surface area contributed by atoms with Crippen LogP contribution in [0.2, 0.25) is 5.02 Å². The molecule has 1 heterocycles. The summed E-state index contributed by atoms with van der Waals surface area (Å²) in [5, 5.41) is 9.74. The lowest BCUT2D eigenvalue weighted by molar-refractivity contribution is -0.141. The normalized spacial score (nSPS) is 15.2. The van der Waals surface area contributed by atoms with Crippen molar-refractivity contribution in [3.63, 3.8) is 0 Å². The highest BCUT2D eigenvalue weighted by Gasteiger charge is 2.22. The first-order valence-electron chi connectivity index (χ1n) is 5.78. The molecule has 0 radical (unpaired) electrons. The van der Waals surface area contributed by atoms with Crippen molar-refractivity contribution in [3.05, 3.63) is 28.3 Å². The Morgan fingerprint density at radius 1 is 1.59 bits per heavy atom. The average molecular weight is 255 g/mol. The molecule has 2 rings (SSSR count). The van der Waals surface area contributed by atoms with Crippen LogP contribution in [0.4, 0.5) is 0 Å². The van der Waals surface area contributed by atoms with E-state index in [0.29, 0.717) is 24.5 Å². The summed E-state index contributed by atoms with van der Waals surface area (Å²) >= 11 is 6.03. The standard InChI is InChI=1S/C13H15ClO3/c1-2-8(13(15)16)5-10-7-11(14)6-9-3-4-17-12(9)10/h6-8H,2-5H2,1H3,(H,15,16). The van der Waals surface area contributed by atoms with E-state index < -0.39 is 5.97 Å². The maximum absolute atomic E-state index is 11.0. The van der Waals surface area contributed by atoms with E-state index in [9.17, 15) is 4.79 Å². The molecule has 0 amide bonds. The largest absolute Gasteiger partial charge is 0.493 e. The molecule has 0 aromatic heterocycles. The summed E-state index contributed by atoms with van der Waals surface area (Å²) in [5.74, 6) is -0.296. The summed E-state index contributed by atoms with van der Waals surface area (Å²) in [6.45, 7) is 2.54. The molecular formula is C13H15ClO3. The monoisotopic (exact) mass is 254 g/mol. The molecule has 3 nitrogen and oxygen atoms in total. The minimum absolute atomic E-state index is 0.373. The van der Waals surface area contributed by atoms with Crippen LogP contribution in [-0.2, 0) is 17.6 Å². The molecule has 1 aliphatic heterocycles. The number of carboxylic acids is 1. The number of benzene rings is 1. The van der Waals surface area contributed by atoms with E-state index in [4.69, 9.17) is 21.4 Å². The fraction of sp³-hybridized carbons (Fsp3) is 0.462. The van der Waals surface area contributed by atoms with Crippen LogP contribution in [-0.4, -0.2) is 17.7 Å². The predicted molar refractivity (Wildman–Crippen MR) is 65.8 cm³/mol. The van der Waals surface area contributed by atoms with Crippen LogP contribution in [0.15, 0.2) is 12.1 Å². The molecule has 0 spiro atoms. The van der Waals surface area contributed by atoms with E-state index in [0.717, 1.165) is 23.3 Å². The van der Waals surface area contributed by atoms with E-state index in [1.54, 1.807) is 0 Å². The van der Waals surface area contributed by atoms with Gasteiger partial charge in [0.05, 0.1) is 12.5 Å². The quantitative estimate of drug-likeness (QED) is 0.899. The lowest BCUT2D eigenvalue weighted by Crippen LogP contribution is -2.15. The van der Waals surface area contributed by atoms with Gasteiger partial charge in [-0.1, -0.05) is 18.5 Å². The number of carbonyl (C=O) groups is 1. The van der Waals surface area contributed by atoms with Crippen LogP contribution < -0.4 is 4.74 Å². The molecule has 1 aromatic rings. The van der Waals surface area contributed by atoms with Gasteiger partial charge in [-0.25, -0.2) is 0 Å². The number of ether oxygens (including phenoxy) is 1. The van der Waals surface area contributed by atoms with Crippen molar-refractivity contribution < 1.29 is 14.6 Å². The molecule has 92 valence electrons. The molecule has 17 heavy (non-hydrogen) atoms. The van der Waals surface area contributed by atoms with Crippen molar-refractivity contribution in [2.24, 2.45) is 5.92 Å². The van der Waals surface area contributed by atoms with Crippen LogP contribution in [0.1, 0.15) is 24.5 Å². The molecule has 1 atom stereocenters. The van der Waals surface area contributed by atoms with Crippen LogP contribution in [0.3, 0.4) is 0 Å². The minimum atomic E-state index is -0.765. The summed E-state index contributed by atoms with van der Waals surface area (Å²) in [5.41, 5.74) is 2.01. The van der Waals surface area contributed by atoms with Crippen LogP contribution in [0, 0.1) is 5.92 Å². The number of fused-ring (bicyclic) bond motifs is 1. The van der Waals surface area contributed by atoms with E-state index in [1.807, 2.05) is 19.1 Å². The summed E-state index contributed by atoms with van der Waals surface area (Å²) in [6, 6.07) is 3.71. The highest BCUT2D eigenvalue weighted by molar-refractivity contribution is 6.30. The van der Waals surface area contributed by atoms with Crippen LogP contribution in [0.25, 0.3) is 0 Å². The van der Waals surface area contributed by atoms with Gasteiger partial charge < -0.3 is 9.84 Å². The number of rotatable bonds is 4. The second-order valence-corrected chi connectivity index (χ2v) is 4.74. The smallest absolute Gasteiger partial charge is 0.306 e. The molecule has 0 saturated heterocycles. The zero-order valence-electron chi connectivity index (χ0n) is 9.70. The van der Waals surface area contributed by atoms with Crippen molar-refractivity contribution in [1.29, 1.82) is 0 Å². The van der Waals surface area contributed by atoms with Gasteiger partial charge >= 0.3 is 5.97 Å². The Morgan fingerprint density at radius 2 is 2.35 bits per heavy atom. The molecule has 1 unspecified atom stereocenters. The Morgan fingerprint density at radius 3 is 3.00 bits per heavy atom. The van der Waals surface area contributed by atoms with Crippen molar-refractivity contribution in [1.82, 2.24) is 0 Å². The van der Waals surface area contributed by atoms with Gasteiger partial charge in [-0.15, -0.1) is 0 Å². The van der Waals surface area contributed by atoms with Gasteiger partial charge in [-0.05, 0) is 36.1 Å². The second-order valence-electron chi connectivity index (χ2n) is 4.30. The fourth-order valence-electron chi connectivity index (χ4n) is 2.17. The van der Waals surface area contributed by atoms with Crippen LogP contribution >= 0.6 is 11.6 Å². The van der Waals surface area contributed by atoms with Gasteiger partial charge in [0.25, 0.3) is 0 Å². The lowest BCUT2D eigenvalue weighted by Gasteiger charge is -2.13. The molecule has 0 bridgehead atoms. The molecule has 0 aliphatic carbocycles. The topological polar surface area (TPSA) is 46.5 Å². The first kappa shape index (κ1) is 12.2. The molecule has 1 aromatic carbocycles. The molecule has 4 heteroatoms. The summed E-state index contributed by atoms with van der Waals surface area (Å²) in [6.07, 6.45) is 1.94. The number of hydrogen-bond acceptors (Lipinski definition) is 2. The van der Waals surface area contributed by atoms with Gasteiger partial charge in [-0.2, -0.15) is 0 Å². The van der Waals surface area contributed by atoms with Crippen molar-refractivity contribution in [2.75, 3.05) is 6.61 Å². The van der Waals surface area contributed by atoms with Crippen molar-refractivity contribution >= 4 is 17.6 Å². The molecule has 0 fully saturated rings. The predicted octanol–water partition coefficient (Wildman–Crippen LogP) is 2.93. The van der Waals surface area contributed by atoms with E-state index in [1.165, 1.54) is 0 Å². The fourth-order valence-corrected chi connectivity index (χ4v) is 2.43. The van der Waals surface area contributed by atoms with Gasteiger partial charge in [0, 0.05) is 11.4 Å². The number of aliphatic carboxylic acids is 1. The number of halogens is 1. The van der Waals surface area contributed by atoms with Crippen LogP contribution in [0.5, 0.6) is 5.75 Å². The highest BCUT2D eigenvalue weighted by atomic mass is 35.5. The Bertz CT molecular complexity index is 443. The Labute approximate surface area is 105 Å². The van der Waals surface area contributed by atoms with Gasteiger partial charge in [0.2, 0.25) is 0 Å². The van der Waals surface area contributed by atoms with E-state index >= 15 is 0 Å². The molecule has 1 N–H and O–H groups in total. The van der Waals surface area contributed by atoms with E-state index in [-0.39, 0.29) is 5.92 Å². The summed E-state index contributed by atoms with van der Waals surface area (Å²) in [7, 11) is 0. The Balaban J connectivity index is 2.29. The number of carboxylic acid groups (broad SMARTS) is 1. The van der Waals surface area contributed by atoms with Gasteiger partial charge in [-0.3, -0.25) is 4.79 Å². The Kier molecular flexibility index (Phi) is 3.57. The SMILES string of the molecule is CCC(Cc1cc(Cl)cc2c1OCC2)C(=O)O. The lowest BCUT2D eigenvalue weighted by atomic mass is 9.95. The third-order valence-electron chi connectivity index (χ3n) is 3.13. The molecular weight excluding hydrogens is 240 g/mol. The minimum Gasteiger partial charge on any atom is -0.493 e. The first-order chi connectivity index (χ1) is 8.11. The molecule has 1 aliphatic rings. The second kappa shape index (κ2) is 4.96. The average Bonchev–Trinajstić information content (AvgIpc) is 2.72. The first-order valence-corrected chi connectivity index (χ1v) is 6.16. The van der Waals surface area contributed by atoms with E-state index in [2.05, 4.69) is 0 Å². The third kappa shape index (κ3) is 2.55. The zero-order valence-corrected chi connectivity index (χ0v) is 10.5. The van der Waals surface area contributed by atoms with Crippen molar-refractivity contribution in [2.45, 2.75) is 26.2 Å². The number of hydrogen-bond donors (Lipinski definition) is 1.